The van der Waals surface area contributed by atoms with Gasteiger partial charge in [0, 0.05) is 7.11 Å². The molecule has 0 radical (unpaired) electrons. The van der Waals surface area contributed by atoms with Crippen molar-refractivity contribution in [2.45, 2.75) is 13.3 Å². The van der Waals surface area contributed by atoms with Crippen molar-refractivity contribution in [2.24, 2.45) is 11.7 Å². The standard InChI is InChI=1S/C13H21NO2/c1-3-16-13-7-5-4-6-12(13)8-11(9-14)10-15-2/h4-7,11H,3,8-10,14H2,1-2H3. The fourth-order valence-corrected chi connectivity index (χ4v) is 1.73. The normalized spacial score (nSPS) is 12.4. The Balaban J connectivity index is 2.70. The highest BCUT2D eigenvalue weighted by Gasteiger charge is 2.10. The molecule has 1 atom stereocenters. The van der Waals surface area contributed by atoms with Crippen LogP contribution in [-0.4, -0.2) is 26.9 Å². The van der Waals surface area contributed by atoms with E-state index < -0.39 is 0 Å². The van der Waals surface area contributed by atoms with Crippen LogP contribution in [0, 0.1) is 5.92 Å². The maximum atomic E-state index is 5.71. The Kier molecular flexibility index (Phi) is 5.90. The van der Waals surface area contributed by atoms with E-state index >= 15 is 0 Å². The van der Waals surface area contributed by atoms with Gasteiger partial charge in [0.2, 0.25) is 0 Å². The maximum absolute atomic E-state index is 5.71. The monoisotopic (exact) mass is 223 g/mol. The van der Waals surface area contributed by atoms with Crippen molar-refractivity contribution in [2.75, 3.05) is 26.9 Å². The van der Waals surface area contributed by atoms with Crippen LogP contribution in [0.25, 0.3) is 0 Å². The zero-order chi connectivity index (χ0) is 11.8. The van der Waals surface area contributed by atoms with Crippen molar-refractivity contribution in [1.82, 2.24) is 0 Å². The van der Waals surface area contributed by atoms with Crippen molar-refractivity contribution in [1.29, 1.82) is 0 Å². The summed E-state index contributed by atoms with van der Waals surface area (Å²) in [6, 6.07) is 8.10. The van der Waals surface area contributed by atoms with Gasteiger partial charge in [-0.15, -0.1) is 0 Å². The SMILES string of the molecule is CCOc1ccccc1CC(CN)COC. The second-order valence-corrected chi connectivity index (χ2v) is 3.80. The van der Waals surface area contributed by atoms with Crippen LogP contribution >= 0.6 is 0 Å². The molecule has 0 heterocycles. The second-order valence-electron chi connectivity index (χ2n) is 3.80. The van der Waals surface area contributed by atoms with Gasteiger partial charge in [-0.3, -0.25) is 0 Å². The van der Waals surface area contributed by atoms with Crippen molar-refractivity contribution in [3.8, 4) is 5.75 Å². The molecule has 1 aromatic carbocycles. The first-order valence-corrected chi connectivity index (χ1v) is 5.71. The summed E-state index contributed by atoms with van der Waals surface area (Å²) >= 11 is 0. The van der Waals surface area contributed by atoms with Gasteiger partial charge in [-0.25, -0.2) is 0 Å². The van der Waals surface area contributed by atoms with Gasteiger partial charge in [0.15, 0.2) is 0 Å². The van der Waals surface area contributed by atoms with Crippen LogP contribution in [0.1, 0.15) is 12.5 Å². The van der Waals surface area contributed by atoms with Crippen molar-refractivity contribution in [3.05, 3.63) is 29.8 Å². The maximum Gasteiger partial charge on any atom is 0.122 e. The first kappa shape index (κ1) is 13.0. The summed E-state index contributed by atoms with van der Waals surface area (Å²) in [6.07, 6.45) is 0.903. The minimum Gasteiger partial charge on any atom is -0.494 e. The minimum absolute atomic E-state index is 0.353. The number of benzene rings is 1. The van der Waals surface area contributed by atoms with Crippen LogP contribution in [0.5, 0.6) is 5.75 Å². The van der Waals surface area contributed by atoms with E-state index in [1.807, 2.05) is 25.1 Å². The summed E-state index contributed by atoms with van der Waals surface area (Å²) in [7, 11) is 1.71. The molecule has 0 saturated heterocycles. The van der Waals surface area contributed by atoms with E-state index in [-0.39, 0.29) is 0 Å². The van der Waals surface area contributed by atoms with Gasteiger partial charge in [-0.2, -0.15) is 0 Å². The third kappa shape index (κ3) is 3.83. The Morgan fingerprint density at radius 2 is 2.06 bits per heavy atom. The quantitative estimate of drug-likeness (QED) is 0.767. The summed E-state index contributed by atoms with van der Waals surface area (Å²) in [4.78, 5) is 0. The van der Waals surface area contributed by atoms with E-state index in [2.05, 4.69) is 6.07 Å². The summed E-state index contributed by atoms with van der Waals surface area (Å²) < 4.78 is 10.7. The third-order valence-electron chi connectivity index (χ3n) is 2.52. The molecule has 0 aliphatic rings. The first-order chi connectivity index (χ1) is 7.81. The Hall–Kier alpha value is -1.06. The van der Waals surface area contributed by atoms with Crippen LogP contribution in [-0.2, 0) is 11.2 Å². The molecule has 3 heteroatoms. The van der Waals surface area contributed by atoms with E-state index in [9.17, 15) is 0 Å². The molecule has 2 N–H and O–H groups in total. The highest BCUT2D eigenvalue weighted by Crippen LogP contribution is 2.21. The van der Waals surface area contributed by atoms with E-state index in [4.69, 9.17) is 15.2 Å². The van der Waals surface area contributed by atoms with E-state index in [0.29, 0.717) is 25.7 Å². The molecule has 0 spiro atoms. The van der Waals surface area contributed by atoms with Gasteiger partial charge in [0.1, 0.15) is 5.75 Å². The minimum atomic E-state index is 0.353. The molecule has 0 bridgehead atoms. The van der Waals surface area contributed by atoms with Gasteiger partial charge in [-0.05, 0) is 37.4 Å². The van der Waals surface area contributed by atoms with Gasteiger partial charge < -0.3 is 15.2 Å². The molecule has 90 valence electrons. The number of para-hydroxylation sites is 1. The molecule has 3 nitrogen and oxygen atoms in total. The lowest BCUT2D eigenvalue weighted by Crippen LogP contribution is -2.21. The molecule has 1 rings (SSSR count). The average Bonchev–Trinajstić information content (AvgIpc) is 2.31. The lowest BCUT2D eigenvalue weighted by atomic mass is 9.99. The zero-order valence-electron chi connectivity index (χ0n) is 10.1. The summed E-state index contributed by atoms with van der Waals surface area (Å²) in [6.45, 7) is 4.01. The third-order valence-corrected chi connectivity index (χ3v) is 2.52. The molecule has 0 aromatic heterocycles. The van der Waals surface area contributed by atoms with Gasteiger partial charge in [-0.1, -0.05) is 18.2 Å². The topological polar surface area (TPSA) is 44.5 Å². The molecule has 0 amide bonds. The number of methoxy groups -OCH3 is 1. The fourth-order valence-electron chi connectivity index (χ4n) is 1.73. The lowest BCUT2D eigenvalue weighted by Gasteiger charge is -2.16. The van der Waals surface area contributed by atoms with Crippen LogP contribution in [0.15, 0.2) is 24.3 Å². The van der Waals surface area contributed by atoms with Crippen LogP contribution in [0.4, 0.5) is 0 Å². The summed E-state index contributed by atoms with van der Waals surface area (Å²) in [5, 5.41) is 0. The molecular weight excluding hydrogens is 202 g/mol. The van der Waals surface area contributed by atoms with Crippen LogP contribution < -0.4 is 10.5 Å². The van der Waals surface area contributed by atoms with E-state index in [0.717, 1.165) is 12.2 Å². The summed E-state index contributed by atoms with van der Waals surface area (Å²) in [5.74, 6) is 1.31. The van der Waals surface area contributed by atoms with Gasteiger partial charge in [0.05, 0.1) is 13.2 Å². The molecule has 16 heavy (non-hydrogen) atoms. The number of nitrogens with two attached hydrogens (primary N) is 1. The highest BCUT2D eigenvalue weighted by atomic mass is 16.5. The predicted molar refractivity (Wildman–Crippen MR) is 65.7 cm³/mol. The average molecular weight is 223 g/mol. The molecule has 0 aliphatic carbocycles. The lowest BCUT2D eigenvalue weighted by molar-refractivity contribution is 0.155. The van der Waals surface area contributed by atoms with E-state index in [1.165, 1.54) is 5.56 Å². The van der Waals surface area contributed by atoms with Gasteiger partial charge >= 0.3 is 0 Å². The Morgan fingerprint density at radius 3 is 2.69 bits per heavy atom. The Bertz CT molecular complexity index is 302. The number of rotatable bonds is 7. The largest absolute Gasteiger partial charge is 0.494 e. The van der Waals surface area contributed by atoms with Crippen molar-refractivity contribution < 1.29 is 9.47 Å². The molecular formula is C13H21NO2. The number of ether oxygens (including phenoxy) is 2. The molecule has 0 fully saturated rings. The van der Waals surface area contributed by atoms with Crippen LogP contribution in [0.3, 0.4) is 0 Å². The Labute approximate surface area is 97.6 Å². The van der Waals surface area contributed by atoms with Crippen molar-refractivity contribution in [3.63, 3.8) is 0 Å². The molecule has 0 saturated carbocycles. The number of hydrogen-bond acceptors (Lipinski definition) is 3. The second kappa shape index (κ2) is 7.25. The smallest absolute Gasteiger partial charge is 0.122 e. The fraction of sp³-hybridized carbons (Fsp3) is 0.538. The summed E-state index contributed by atoms with van der Waals surface area (Å²) in [5.41, 5.74) is 6.92. The molecule has 1 aromatic rings. The van der Waals surface area contributed by atoms with Gasteiger partial charge in [0.25, 0.3) is 0 Å². The Morgan fingerprint density at radius 1 is 1.31 bits per heavy atom. The number of hydrogen-bond donors (Lipinski definition) is 1. The van der Waals surface area contributed by atoms with Crippen molar-refractivity contribution >= 4 is 0 Å². The highest BCUT2D eigenvalue weighted by molar-refractivity contribution is 5.33. The first-order valence-electron chi connectivity index (χ1n) is 5.71. The molecule has 0 aliphatic heterocycles. The molecule has 1 unspecified atom stereocenters. The zero-order valence-corrected chi connectivity index (χ0v) is 10.1. The predicted octanol–water partition coefficient (Wildman–Crippen LogP) is 1.85. The van der Waals surface area contributed by atoms with Crippen LogP contribution in [0.2, 0.25) is 0 Å². The van der Waals surface area contributed by atoms with E-state index in [1.54, 1.807) is 7.11 Å².